The van der Waals surface area contributed by atoms with Crippen molar-refractivity contribution in [1.82, 2.24) is 5.32 Å². The number of hydrogen-bond donors (Lipinski definition) is 1. The Labute approximate surface area is 111 Å². The summed E-state index contributed by atoms with van der Waals surface area (Å²) in [6.45, 7) is 6.65. The molecule has 1 fully saturated rings. The normalized spacial score (nSPS) is 20.5. The Morgan fingerprint density at radius 2 is 1.83 bits per heavy atom. The zero-order valence-electron chi connectivity index (χ0n) is 12.0. The smallest absolute Gasteiger partial charge is 0.0369 e. The quantitative estimate of drug-likeness (QED) is 0.880. The molecular formula is C16H26N2. The summed E-state index contributed by atoms with van der Waals surface area (Å²) in [5, 5.41) is 3.67. The molecule has 1 aliphatic heterocycles. The highest BCUT2D eigenvalue weighted by molar-refractivity contribution is 5.50. The van der Waals surface area contributed by atoms with Crippen molar-refractivity contribution in [3.63, 3.8) is 0 Å². The molecule has 0 bridgehead atoms. The molecule has 2 heteroatoms. The van der Waals surface area contributed by atoms with E-state index in [0.29, 0.717) is 6.04 Å². The number of nitrogens with one attached hydrogen (secondary N) is 1. The molecule has 1 heterocycles. The molecule has 100 valence electrons. The van der Waals surface area contributed by atoms with Gasteiger partial charge in [-0.05, 0) is 56.5 Å². The molecule has 0 saturated carbocycles. The van der Waals surface area contributed by atoms with Gasteiger partial charge in [-0.2, -0.15) is 0 Å². The number of anilines is 1. The van der Waals surface area contributed by atoms with Gasteiger partial charge in [-0.3, -0.25) is 0 Å². The number of nitrogens with zero attached hydrogens (tertiary/aromatic N) is 1. The third-order valence-corrected chi connectivity index (χ3v) is 3.80. The number of hydrogen-bond acceptors (Lipinski definition) is 2. The van der Waals surface area contributed by atoms with Gasteiger partial charge in [0.1, 0.15) is 0 Å². The highest BCUT2D eigenvalue weighted by Gasteiger charge is 2.14. The summed E-state index contributed by atoms with van der Waals surface area (Å²) in [4.78, 5) is 2.39. The maximum atomic E-state index is 3.67. The van der Waals surface area contributed by atoms with Gasteiger partial charge in [-0.1, -0.05) is 18.9 Å². The van der Waals surface area contributed by atoms with Gasteiger partial charge >= 0.3 is 0 Å². The predicted octanol–water partition coefficient (Wildman–Crippen LogP) is 3.27. The second-order valence-corrected chi connectivity index (χ2v) is 5.73. The number of aryl methyl sites for hydroxylation is 2. The van der Waals surface area contributed by atoms with Crippen molar-refractivity contribution in [1.29, 1.82) is 0 Å². The lowest BCUT2D eigenvalue weighted by atomic mass is 10.1. The summed E-state index contributed by atoms with van der Waals surface area (Å²) < 4.78 is 0. The van der Waals surface area contributed by atoms with Gasteiger partial charge in [0.15, 0.2) is 0 Å². The SMILES string of the molecule is Cc1cc(C)cc(N(C)CC2CCCCCN2)c1. The Hall–Kier alpha value is -1.02. The van der Waals surface area contributed by atoms with Gasteiger partial charge < -0.3 is 10.2 Å². The van der Waals surface area contributed by atoms with E-state index >= 15 is 0 Å². The molecule has 0 radical (unpaired) electrons. The van der Waals surface area contributed by atoms with Crippen LogP contribution in [-0.4, -0.2) is 26.2 Å². The van der Waals surface area contributed by atoms with E-state index in [0.717, 1.165) is 6.54 Å². The van der Waals surface area contributed by atoms with Crippen LogP contribution in [0.2, 0.25) is 0 Å². The average molecular weight is 246 g/mol. The van der Waals surface area contributed by atoms with E-state index in [2.05, 4.69) is 49.3 Å². The molecule has 18 heavy (non-hydrogen) atoms. The fraction of sp³-hybridized carbons (Fsp3) is 0.625. The van der Waals surface area contributed by atoms with Crippen LogP contribution in [0, 0.1) is 13.8 Å². The van der Waals surface area contributed by atoms with E-state index in [9.17, 15) is 0 Å². The van der Waals surface area contributed by atoms with Crippen molar-refractivity contribution in [3.05, 3.63) is 29.3 Å². The molecule has 1 N–H and O–H groups in total. The first-order valence-corrected chi connectivity index (χ1v) is 7.18. The first-order valence-electron chi connectivity index (χ1n) is 7.18. The maximum Gasteiger partial charge on any atom is 0.0369 e. The van der Waals surface area contributed by atoms with Crippen LogP contribution >= 0.6 is 0 Å². The van der Waals surface area contributed by atoms with Crippen LogP contribution in [0.5, 0.6) is 0 Å². The van der Waals surface area contributed by atoms with Crippen molar-refractivity contribution in [2.75, 3.05) is 25.0 Å². The molecule has 0 amide bonds. The molecule has 1 aliphatic rings. The third-order valence-electron chi connectivity index (χ3n) is 3.80. The molecule has 0 aliphatic carbocycles. The maximum absolute atomic E-state index is 3.67. The molecule has 1 aromatic rings. The molecule has 1 saturated heterocycles. The average Bonchev–Trinajstić information content (AvgIpc) is 2.56. The van der Waals surface area contributed by atoms with Crippen LogP contribution in [0.25, 0.3) is 0 Å². The van der Waals surface area contributed by atoms with Gasteiger partial charge in [-0.15, -0.1) is 0 Å². The highest BCUT2D eigenvalue weighted by Crippen LogP contribution is 2.19. The molecule has 0 spiro atoms. The van der Waals surface area contributed by atoms with E-state index in [1.54, 1.807) is 0 Å². The zero-order valence-corrected chi connectivity index (χ0v) is 12.0. The molecule has 2 rings (SSSR count). The molecule has 1 aromatic carbocycles. The van der Waals surface area contributed by atoms with Crippen molar-refractivity contribution in [2.45, 2.75) is 45.6 Å². The zero-order chi connectivity index (χ0) is 13.0. The fourth-order valence-corrected chi connectivity index (χ4v) is 2.86. The van der Waals surface area contributed by atoms with E-state index in [4.69, 9.17) is 0 Å². The first kappa shape index (κ1) is 13.4. The van der Waals surface area contributed by atoms with Crippen molar-refractivity contribution in [3.8, 4) is 0 Å². The van der Waals surface area contributed by atoms with Crippen LogP contribution in [-0.2, 0) is 0 Å². The lowest BCUT2D eigenvalue weighted by molar-refractivity contribution is 0.510. The van der Waals surface area contributed by atoms with Crippen molar-refractivity contribution in [2.24, 2.45) is 0 Å². The minimum atomic E-state index is 0.651. The highest BCUT2D eigenvalue weighted by atomic mass is 15.1. The van der Waals surface area contributed by atoms with Gasteiger partial charge in [-0.25, -0.2) is 0 Å². The second kappa shape index (κ2) is 6.24. The predicted molar refractivity (Wildman–Crippen MR) is 79.4 cm³/mol. The minimum Gasteiger partial charge on any atom is -0.373 e. The van der Waals surface area contributed by atoms with Crippen LogP contribution in [0.1, 0.15) is 36.8 Å². The Morgan fingerprint density at radius 1 is 1.11 bits per heavy atom. The van der Waals surface area contributed by atoms with Gasteiger partial charge in [0.25, 0.3) is 0 Å². The standard InChI is InChI=1S/C16H26N2/c1-13-9-14(2)11-16(10-13)18(3)12-15-7-5-4-6-8-17-15/h9-11,15,17H,4-8,12H2,1-3H3. The van der Waals surface area contributed by atoms with Crippen LogP contribution < -0.4 is 10.2 Å². The Balaban J connectivity index is 1.99. The molecule has 1 unspecified atom stereocenters. The van der Waals surface area contributed by atoms with Gasteiger partial charge in [0, 0.05) is 25.3 Å². The topological polar surface area (TPSA) is 15.3 Å². The van der Waals surface area contributed by atoms with E-state index in [1.807, 2.05) is 0 Å². The molecular weight excluding hydrogens is 220 g/mol. The van der Waals surface area contributed by atoms with Crippen molar-refractivity contribution < 1.29 is 0 Å². The van der Waals surface area contributed by atoms with Gasteiger partial charge in [0.05, 0.1) is 0 Å². The summed E-state index contributed by atoms with van der Waals surface area (Å²) in [6, 6.07) is 7.45. The second-order valence-electron chi connectivity index (χ2n) is 5.73. The van der Waals surface area contributed by atoms with E-state index in [-0.39, 0.29) is 0 Å². The van der Waals surface area contributed by atoms with Crippen LogP contribution in [0.4, 0.5) is 5.69 Å². The van der Waals surface area contributed by atoms with E-state index in [1.165, 1.54) is 49.0 Å². The summed E-state index contributed by atoms with van der Waals surface area (Å²) in [5.41, 5.74) is 4.05. The Bertz CT molecular complexity index is 358. The Morgan fingerprint density at radius 3 is 2.56 bits per heavy atom. The van der Waals surface area contributed by atoms with Crippen molar-refractivity contribution >= 4 is 5.69 Å². The number of likely N-dealkylation sites (N-methyl/N-ethyl adjacent to an activating group) is 1. The number of benzene rings is 1. The van der Waals surface area contributed by atoms with Gasteiger partial charge in [0.2, 0.25) is 0 Å². The largest absolute Gasteiger partial charge is 0.373 e. The molecule has 1 atom stereocenters. The van der Waals surface area contributed by atoms with Crippen LogP contribution in [0.3, 0.4) is 0 Å². The van der Waals surface area contributed by atoms with Crippen LogP contribution in [0.15, 0.2) is 18.2 Å². The first-order chi connectivity index (χ1) is 8.65. The molecule has 0 aromatic heterocycles. The third kappa shape index (κ3) is 3.74. The minimum absolute atomic E-state index is 0.651. The van der Waals surface area contributed by atoms with E-state index < -0.39 is 0 Å². The summed E-state index contributed by atoms with van der Waals surface area (Å²) >= 11 is 0. The lowest BCUT2D eigenvalue weighted by Gasteiger charge is -2.26. The lowest BCUT2D eigenvalue weighted by Crippen LogP contribution is -2.39. The summed E-state index contributed by atoms with van der Waals surface area (Å²) in [6.07, 6.45) is 5.41. The molecule has 2 nitrogen and oxygen atoms in total. The fourth-order valence-electron chi connectivity index (χ4n) is 2.86. The monoisotopic (exact) mass is 246 g/mol. The Kier molecular flexibility index (Phi) is 4.65. The summed E-state index contributed by atoms with van der Waals surface area (Å²) in [5.74, 6) is 0. The number of rotatable bonds is 3. The summed E-state index contributed by atoms with van der Waals surface area (Å²) in [7, 11) is 2.21.